The van der Waals surface area contributed by atoms with Crippen molar-refractivity contribution in [3.8, 4) is 45.0 Å². The molecule has 4 heteroatoms. The van der Waals surface area contributed by atoms with Gasteiger partial charge in [-0.15, -0.1) is 0 Å². The van der Waals surface area contributed by atoms with Crippen LogP contribution in [-0.4, -0.2) is 19.1 Å². The fourth-order valence-electron chi connectivity index (χ4n) is 8.32. The molecule has 11 rings (SSSR count). The lowest BCUT2D eigenvalue weighted by molar-refractivity contribution is 1.17. The smallest absolute Gasteiger partial charge is 0.0973 e. The Morgan fingerprint density at radius 1 is 0.296 bits per heavy atom. The molecule has 0 unspecified atom stereocenters. The molecule has 0 fully saturated rings. The molecule has 0 aliphatic heterocycles. The number of aromatic nitrogens is 4. The molecule has 0 aliphatic carbocycles. The van der Waals surface area contributed by atoms with Gasteiger partial charge in [0, 0.05) is 44.0 Å². The van der Waals surface area contributed by atoms with Crippen LogP contribution in [0.2, 0.25) is 0 Å². The second-order valence-corrected chi connectivity index (χ2v) is 13.8. The molecule has 0 radical (unpaired) electrons. The Balaban J connectivity index is 1.16. The Hall–Kier alpha value is -7.30. The summed E-state index contributed by atoms with van der Waals surface area (Å²) in [6, 6.07) is 68.9. The first kappa shape index (κ1) is 30.3. The van der Waals surface area contributed by atoms with E-state index in [1.165, 1.54) is 43.7 Å². The van der Waals surface area contributed by atoms with Gasteiger partial charge >= 0.3 is 0 Å². The molecule has 0 amide bonds. The van der Waals surface area contributed by atoms with E-state index in [4.69, 9.17) is 9.97 Å². The molecule has 0 N–H and O–H groups in total. The van der Waals surface area contributed by atoms with Gasteiger partial charge in [0.2, 0.25) is 0 Å². The van der Waals surface area contributed by atoms with Gasteiger partial charge in [-0.3, -0.25) is 0 Å². The number of para-hydroxylation sites is 4. The third-order valence-corrected chi connectivity index (χ3v) is 10.7. The van der Waals surface area contributed by atoms with Gasteiger partial charge in [0.05, 0.1) is 44.5 Å². The quantitative estimate of drug-likeness (QED) is 0.180. The average molecular weight is 689 g/mol. The normalized spacial score (nSPS) is 11.7. The predicted octanol–water partition coefficient (Wildman–Crippen LogP) is 12.8. The average Bonchev–Trinajstić information content (AvgIpc) is 3.77. The van der Waals surface area contributed by atoms with Crippen molar-refractivity contribution in [3.63, 3.8) is 0 Å². The van der Waals surface area contributed by atoms with Crippen molar-refractivity contribution in [3.05, 3.63) is 194 Å². The van der Waals surface area contributed by atoms with Gasteiger partial charge in [-0.05, 0) is 71.8 Å². The Labute approximate surface area is 311 Å². The van der Waals surface area contributed by atoms with E-state index in [9.17, 15) is 0 Å². The molecule has 0 spiro atoms. The molecule has 4 nitrogen and oxygen atoms in total. The predicted molar refractivity (Wildman–Crippen MR) is 225 cm³/mol. The number of hydrogen-bond donors (Lipinski definition) is 0. The minimum atomic E-state index is 0.866. The van der Waals surface area contributed by atoms with E-state index < -0.39 is 0 Å². The van der Waals surface area contributed by atoms with Gasteiger partial charge in [0.1, 0.15) is 0 Å². The highest BCUT2D eigenvalue weighted by Crippen LogP contribution is 2.43. The lowest BCUT2D eigenvalue weighted by Gasteiger charge is -2.13. The number of fused-ring (bicyclic) bond motifs is 8. The van der Waals surface area contributed by atoms with E-state index >= 15 is 0 Å². The fourth-order valence-corrected chi connectivity index (χ4v) is 8.32. The van der Waals surface area contributed by atoms with Crippen LogP contribution in [0.4, 0.5) is 0 Å². The van der Waals surface area contributed by atoms with Crippen LogP contribution >= 0.6 is 0 Å². The Morgan fingerprint density at radius 2 is 0.722 bits per heavy atom. The monoisotopic (exact) mass is 688 g/mol. The SMILES string of the molecule is c1ccc(-c2cccc(-n3c4ccccc4c4c5c6ccccc6n(-c6cccc(-c7nc8ccccc8nc7-c7ccccc7)c6)c5ccc43)c2)cc1. The largest absolute Gasteiger partial charge is 0.309 e. The highest BCUT2D eigenvalue weighted by atomic mass is 15.0. The van der Waals surface area contributed by atoms with Crippen LogP contribution in [0.3, 0.4) is 0 Å². The van der Waals surface area contributed by atoms with Crippen molar-refractivity contribution < 1.29 is 0 Å². The van der Waals surface area contributed by atoms with Crippen LogP contribution in [0, 0.1) is 0 Å². The summed E-state index contributed by atoms with van der Waals surface area (Å²) in [5, 5.41) is 4.96. The highest BCUT2D eigenvalue weighted by molar-refractivity contribution is 6.29. The second-order valence-electron chi connectivity index (χ2n) is 13.8. The summed E-state index contributed by atoms with van der Waals surface area (Å²) in [4.78, 5) is 10.4. The number of benzene rings is 8. The number of rotatable bonds is 5. The second kappa shape index (κ2) is 12.1. The van der Waals surface area contributed by atoms with Crippen LogP contribution in [0.1, 0.15) is 0 Å². The summed E-state index contributed by atoms with van der Waals surface area (Å²) < 4.78 is 4.83. The lowest BCUT2D eigenvalue weighted by atomic mass is 10.0. The zero-order valence-corrected chi connectivity index (χ0v) is 29.3. The molecule has 3 heterocycles. The van der Waals surface area contributed by atoms with E-state index in [1.54, 1.807) is 0 Å². The summed E-state index contributed by atoms with van der Waals surface area (Å²) in [5.41, 5.74) is 14.9. The summed E-state index contributed by atoms with van der Waals surface area (Å²) >= 11 is 0. The first-order chi connectivity index (χ1) is 26.8. The Morgan fingerprint density at radius 3 is 1.30 bits per heavy atom. The Bertz CT molecular complexity index is 3210. The van der Waals surface area contributed by atoms with Crippen molar-refractivity contribution in [2.24, 2.45) is 0 Å². The van der Waals surface area contributed by atoms with E-state index in [2.05, 4.69) is 173 Å². The van der Waals surface area contributed by atoms with Crippen molar-refractivity contribution in [1.82, 2.24) is 19.1 Å². The zero-order chi connectivity index (χ0) is 35.6. The Kier molecular flexibility index (Phi) is 6.82. The molecular formula is C50H32N4. The molecule has 0 saturated heterocycles. The minimum absolute atomic E-state index is 0.866. The van der Waals surface area contributed by atoms with Crippen LogP contribution in [-0.2, 0) is 0 Å². The summed E-state index contributed by atoms with van der Waals surface area (Å²) in [7, 11) is 0. The zero-order valence-electron chi connectivity index (χ0n) is 29.3. The highest BCUT2D eigenvalue weighted by Gasteiger charge is 2.21. The van der Waals surface area contributed by atoms with Gasteiger partial charge in [0.15, 0.2) is 0 Å². The first-order valence-electron chi connectivity index (χ1n) is 18.3. The molecule has 8 aromatic carbocycles. The maximum atomic E-state index is 5.23. The van der Waals surface area contributed by atoms with Crippen LogP contribution in [0.5, 0.6) is 0 Å². The molecule has 252 valence electrons. The first-order valence-corrected chi connectivity index (χ1v) is 18.3. The molecule has 54 heavy (non-hydrogen) atoms. The molecule has 0 atom stereocenters. The summed E-state index contributed by atoms with van der Waals surface area (Å²) in [6.45, 7) is 0. The van der Waals surface area contributed by atoms with E-state index in [-0.39, 0.29) is 0 Å². The summed E-state index contributed by atoms with van der Waals surface area (Å²) in [5.74, 6) is 0. The van der Waals surface area contributed by atoms with E-state index in [0.717, 1.165) is 56.0 Å². The third-order valence-electron chi connectivity index (χ3n) is 10.7. The third kappa shape index (κ3) is 4.70. The van der Waals surface area contributed by atoms with Crippen molar-refractivity contribution in [2.75, 3.05) is 0 Å². The number of nitrogens with zero attached hydrogens (tertiary/aromatic N) is 4. The van der Waals surface area contributed by atoms with Crippen LogP contribution in [0.15, 0.2) is 194 Å². The van der Waals surface area contributed by atoms with Gasteiger partial charge in [-0.25, -0.2) is 9.97 Å². The van der Waals surface area contributed by atoms with Gasteiger partial charge in [-0.2, -0.15) is 0 Å². The minimum Gasteiger partial charge on any atom is -0.309 e. The van der Waals surface area contributed by atoms with E-state index in [1.807, 2.05) is 30.3 Å². The molecule has 3 aromatic heterocycles. The van der Waals surface area contributed by atoms with Crippen molar-refractivity contribution in [2.45, 2.75) is 0 Å². The fraction of sp³-hybridized carbons (Fsp3) is 0. The standard InChI is InChI=1S/C50H32N4/c1-3-15-33(16-4-1)35-19-13-21-37(31-35)53-43-27-11-7-23-39(43)47-45(53)29-30-46-48(47)40-24-8-12-28-44(40)54(46)38-22-14-20-36(32-38)50-49(34-17-5-2-6-18-34)51-41-25-9-10-26-42(41)52-50/h1-32H. The lowest BCUT2D eigenvalue weighted by Crippen LogP contribution is -1.98. The van der Waals surface area contributed by atoms with E-state index in [0.29, 0.717) is 0 Å². The maximum Gasteiger partial charge on any atom is 0.0973 e. The molecular weight excluding hydrogens is 657 g/mol. The molecule has 0 aliphatic rings. The van der Waals surface area contributed by atoms with Crippen molar-refractivity contribution in [1.29, 1.82) is 0 Å². The maximum absolute atomic E-state index is 5.23. The van der Waals surface area contributed by atoms with Crippen LogP contribution in [0.25, 0.3) is 99.7 Å². The van der Waals surface area contributed by atoms with Crippen molar-refractivity contribution >= 4 is 54.6 Å². The molecule has 0 saturated carbocycles. The topological polar surface area (TPSA) is 35.6 Å². The van der Waals surface area contributed by atoms with Gasteiger partial charge < -0.3 is 9.13 Å². The summed E-state index contributed by atoms with van der Waals surface area (Å²) in [6.07, 6.45) is 0. The number of hydrogen-bond acceptors (Lipinski definition) is 2. The molecule has 11 aromatic rings. The van der Waals surface area contributed by atoms with Gasteiger partial charge in [-0.1, -0.05) is 133 Å². The van der Waals surface area contributed by atoms with Crippen LogP contribution < -0.4 is 0 Å². The molecule has 0 bridgehead atoms. The van der Waals surface area contributed by atoms with Gasteiger partial charge in [0.25, 0.3) is 0 Å².